The summed E-state index contributed by atoms with van der Waals surface area (Å²) in [4.78, 5) is 21.9. The van der Waals surface area contributed by atoms with Crippen molar-refractivity contribution in [3.63, 3.8) is 0 Å². The third-order valence-electron chi connectivity index (χ3n) is 2.65. The van der Waals surface area contributed by atoms with E-state index in [-0.39, 0.29) is 5.91 Å². The van der Waals surface area contributed by atoms with Crippen molar-refractivity contribution in [1.82, 2.24) is 14.9 Å². The van der Waals surface area contributed by atoms with Gasteiger partial charge < -0.3 is 9.32 Å². The zero-order valence-electron chi connectivity index (χ0n) is 8.76. The van der Waals surface area contributed by atoms with Gasteiger partial charge in [-0.05, 0) is 28.1 Å². The van der Waals surface area contributed by atoms with Crippen LogP contribution in [0.5, 0.6) is 0 Å². The molecule has 86 valence electrons. The maximum Gasteiger partial charge on any atom is 0.290 e. The minimum absolute atomic E-state index is 0.131. The van der Waals surface area contributed by atoms with E-state index in [1.54, 1.807) is 23.2 Å². The number of furan rings is 1. The van der Waals surface area contributed by atoms with E-state index < -0.39 is 0 Å². The maximum atomic E-state index is 12.1. The van der Waals surface area contributed by atoms with Crippen molar-refractivity contribution in [2.75, 3.05) is 0 Å². The fourth-order valence-corrected chi connectivity index (χ4v) is 2.14. The predicted octanol–water partition coefficient (Wildman–Crippen LogP) is 1.99. The maximum absolute atomic E-state index is 12.1. The number of nitrogens with zero attached hydrogens (tertiary/aromatic N) is 3. The Labute approximate surface area is 106 Å². The molecule has 2 aromatic rings. The topological polar surface area (TPSA) is 59.2 Å². The lowest BCUT2D eigenvalue weighted by Gasteiger charge is -2.12. The van der Waals surface area contributed by atoms with Crippen molar-refractivity contribution in [1.29, 1.82) is 0 Å². The molecule has 0 radical (unpaired) electrons. The summed E-state index contributed by atoms with van der Waals surface area (Å²) in [5, 5.41) is 0. The van der Waals surface area contributed by atoms with Crippen molar-refractivity contribution < 1.29 is 9.21 Å². The number of fused-ring (bicyclic) bond motifs is 1. The largest absolute Gasteiger partial charge is 0.444 e. The van der Waals surface area contributed by atoms with Crippen LogP contribution in [-0.4, -0.2) is 20.8 Å². The summed E-state index contributed by atoms with van der Waals surface area (Å²) in [5.74, 6) is 0.200. The highest BCUT2D eigenvalue weighted by Crippen LogP contribution is 2.23. The third-order valence-corrected chi connectivity index (χ3v) is 3.08. The van der Waals surface area contributed by atoms with E-state index >= 15 is 0 Å². The Morgan fingerprint density at radius 2 is 2.29 bits per heavy atom. The van der Waals surface area contributed by atoms with E-state index in [0.29, 0.717) is 23.5 Å². The molecule has 5 nitrogen and oxygen atoms in total. The van der Waals surface area contributed by atoms with Gasteiger partial charge in [-0.2, -0.15) is 0 Å². The van der Waals surface area contributed by atoms with Crippen LogP contribution in [-0.2, 0) is 13.1 Å². The Bertz CT molecular complexity index is 557. The van der Waals surface area contributed by atoms with Gasteiger partial charge in [0, 0.05) is 18.3 Å². The van der Waals surface area contributed by atoms with Gasteiger partial charge in [0.1, 0.15) is 6.33 Å². The van der Waals surface area contributed by atoms with E-state index in [2.05, 4.69) is 25.9 Å². The first-order valence-electron chi connectivity index (χ1n) is 5.06. The molecule has 0 bridgehead atoms. The van der Waals surface area contributed by atoms with Gasteiger partial charge in [-0.3, -0.25) is 4.79 Å². The van der Waals surface area contributed by atoms with E-state index in [1.165, 1.54) is 6.33 Å². The number of carbonyl (C=O) groups excluding carboxylic acids is 1. The number of halogens is 1. The molecule has 0 aromatic carbocycles. The quantitative estimate of drug-likeness (QED) is 0.807. The van der Waals surface area contributed by atoms with Gasteiger partial charge in [0.25, 0.3) is 5.91 Å². The predicted molar refractivity (Wildman–Crippen MR) is 62.0 cm³/mol. The average Bonchev–Trinajstić information content (AvgIpc) is 2.93. The molecule has 1 aliphatic rings. The molecular formula is C11H8BrN3O2. The number of aromatic nitrogens is 2. The number of carbonyl (C=O) groups is 1. The van der Waals surface area contributed by atoms with Gasteiger partial charge >= 0.3 is 0 Å². The summed E-state index contributed by atoms with van der Waals surface area (Å²) in [6.45, 7) is 1.04. The summed E-state index contributed by atoms with van der Waals surface area (Å²) < 4.78 is 5.80. The monoisotopic (exact) mass is 293 g/mol. The van der Waals surface area contributed by atoms with Crippen LogP contribution in [0.3, 0.4) is 0 Å². The second kappa shape index (κ2) is 3.96. The lowest BCUT2D eigenvalue weighted by atomic mass is 10.3. The smallest absolute Gasteiger partial charge is 0.290 e. The second-order valence-electron chi connectivity index (χ2n) is 3.76. The minimum Gasteiger partial charge on any atom is -0.444 e. The first-order valence-corrected chi connectivity index (χ1v) is 5.86. The molecule has 0 unspecified atom stereocenters. The molecule has 6 heteroatoms. The van der Waals surface area contributed by atoms with Crippen LogP contribution in [0.2, 0.25) is 0 Å². The fraction of sp³-hybridized carbons (Fsp3) is 0.182. The molecule has 0 spiro atoms. The van der Waals surface area contributed by atoms with E-state index in [1.807, 2.05) is 0 Å². The van der Waals surface area contributed by atoms with Crippen LogP contribution in [0.1, 0.15) is 21.8 Å². The van der Waals surface area contributed by atoms with Crippen molar-refractivity contribution in [2.24, 2.45) is 0 Å². The fourth-order valence-electron chi connectivity index (χ4n) is 1.83. The minimum atomic E-state index is -0.131. The van der Waals surface area contributed by atoms with Gasteiger partial charge in [0.15, 0.2) is 10.4 Å². The Morgan fingerprint density at radius 1 is 1.41 bits per heavy atom. The van der Waals surface area contributed by atoms with Gasteiger partial charge in [0.2, 0.25) is 0 Å². The van der Waals surface area contributed by atoms with Crippen LogP contribution >= 0.6 is 15.9 Å². The van der Waals surface area contributed by atoms with Crippen molar-refractivity contribution in [3.8, 4) is 0 Å². The number of rotatable bonds is 1. The summed E-state index contributed by atoms with van der Waals surface area (Å²) in [7, 11) is 0. The van der Waals surface area contributed by atoms with E-state index in [4.69, 9.17) is 4.42 Å². The summed E-state index contributed by atoms with van der Waals surface area (Å²) in [5.41, 5.74) is 1.89. The van der Waals surface area contributed by atoms with Crippen molar-refractivity contribution in [3.05, 3.63) is 46.3 Å². The van der Waals surface area contributed by atoms with Crippen molar-refractivity contribution >= 4 is 21.8 Å². The van der Waals surface area contributed by atoms with Crippen molar-refractivity contribution in [2.45, 2.75) is 13.1 Å². The molecule has 3 heterocycles. The van der Waals surface area contributed by atoms with Gasteiger partial charge in [-0.25, -0.2) is 9.97 Å². The molecule has 0 saturated carbocycles. The average molecular weight is 294 g/mol. The summed E-state index contributed by atoms with van der Waals surface area (Å²) in [6.07, 6.45) is 3.24. The molecule has 3 rings (SSSR count). The van der Waals surface area contributed by atoms with Crippen LogP contribution < -0.4 is 0 Å². The van der Waals surface area contributed by atoms with Gasteiger partial charge in [0.05, 0.1) is 12.2 Å². The number of amides is 1. The van der Waals surface area contributed by atoms with Gasteiger partial charge in [-0.15, -0.1) is 0 Å². The molecule has 17 heavy (non-hydrogen) atoms. The molecule has 0 N–H and O–H groups in total. The Kier molecular flexibility index (Phi) is 2.44. The summed E-state index contributed by atoms with van der Waals surface area (Å²) >= 11 is 3.18. The van der Waals surface area contributed by atoms with Crippen LogP contribution in [0, 0.1) is 0 Å². The van der Waals surface area contributed by atoms with E-state index in [9.17, 15) is 4.79 Å². The molecule has 0 fully saturated rings. The lowest BCUT2D eigenvalue weighted by molar-refractivity contribution is 0.0717. The normalized spacial score (nSPS) is 13.8. The first kappa shape index (κ1) is 10.5. The zero-order chi connectivity index (χ0) is 11.8. The number of hydrogen-bond donors (Lipinski definition) is 0. The first-order chi connectivity index (χ1) is 8.24. The molecule has 0 saturated heterocycles. The molecular weight excluding hydrogens is 286 g/mol. The lowest BCUT2D eigenvalue weighted by Crippen LogP contribution is -2.24. The molecule has 0 aliphatic carbocycles. The van der Waals surface area contributed by atoms with Crippen LogP contribution in [0.4, 0.5) is 0 Å². The molecule has 1 aliphatic heterocycles. The highest BCUT2D eigenvalue weighted by molar-refractivity contribution is 9.10. The standard InChI is InChI=1S/C11H8BrN3O2/c12-10-2-1-9(17-10)11(16)15-4-7-3-13-6-14-8(7)5-15/h1-3,6H,4-5H2. The Balaban J connectivity index is 1.83. The number of hydrogen-bond acceptors (Lipinski definition) is 4. The molecule has 0 atom stereocenters. The third kappa shape index (κ3) is 1.84. The van der Waals surface area contributed by atoms with E-state index in [0.717, 1.165) is 11.3 Å². The highest BCUT2D eigenvalue weighted by atomic mass is 79.9. The van der Waals surface area contributed by atoms with Crippen LogP contribution in [0.15, 0.2) is 33.7 Å². The van der Waals surface area contributed by atoms with Crippen LogP contribution in [0.25, 0.3) is 0 Å². The molecule has 1 amide bonds. The van der Waals surface area contributed by atoms with Gasteiger partial charge in [-0.1, -0.05) is 0 Å². The second-order valence-corrected chi connectivity index (χ2v) is 4.54. The molecule has 2 aromatic heterocycles. The Morgan fingerprint density at radius 3 is 3.00 bits per heavy atom. The Hall–Kier alpha value is -1.69. The SMILES string of the molecule is O=C(c1ccc(Br)o1)N1Cc2cncnc2C1. The summed E-state index contributed by atoms with van der Waals surface area (Å²) in [6, 6.07) is 3.36. The highest BCUT2D eigenvalue weighted by Gasteiger charge is 2.26. The zero-order valence-corrected chi connectivity index (χ0v) is 10.3.